The number of halogens is 1. The number of benzene rings is 1. The fourth-order valence-electron chi connectivity index (χ4n) is 1.89. The first-order valence-electron chi connectivity index (χ1n) is 7.01. The lowest BCUT2D eigenvalue weighted by Gasteiger charge is -2.22. The van der Waals surface area contributed by atoms with Crippen LogP contribution in [0.3, 0.4) is 0 Å². The summed E-state index contributed by atoms with van der Waals surface area (Å²) in [6.07, 6.45) is 0.195. The average Bonchev–Trinajstić information content (AvgIpc) is 2.52. The molecule has 23 heavy (non-hydrogen) atoms. The summed E-state index contributed by atoms with van der Waals surface area (Å²) in [5.41, 5.74) is 0.320. The fraction of sp³-hybridized carbons (Fsp3) is 0.500. The molecule has 0 unspecified atom stereocenters. The van der Waals surface area contributed by atoms with Crippen LogP contribution >= 0.6 is 0 Å². The maximum absolute atomic E-state index is 13.5. The van der Waals surface area contributed by atoms with Crippen molar-refractivity contribution < 1.29 is 22.3 Å². The van der Waals surface area contributed by atoms with Gasteiger partial charge in [-0.25, -0.2) is 17.5 Å². The largest absolute Gasteiger partial charge is 0.383 e. The zero-order chi connectivity index (χ0) is 17.5. The smallest absolute Gasteiger partial charge is 0.242 e. The van der Waals surface area contributed by atoms with E-state index in [1.165, 1.54) is 26.3 Å². The molecule has 0 bridgehead atoms. The minimum atomic E-state index is -3.89. The topological polar surface area (TPSA) is 87.7 Å². The van der Waals surface area contributed by atoms with Gasteiger partial charge in [-0.15, -0.1) is 0 Å². The van der Waals surface area contributed by atoms with Crippen molar-refractivity contribution >= 4 is 21.6 Å². The van der Waals surface area contributed by atoms with Gasteiger partial charge < -0.3 is 15.0 Å². The van der Waals surface area contributed by atoms with E-state index in [-0.39, 0.29) is 30.4 Å². The van der Waals surface area contributed by atoms with Crippen molar-refractivity contribution in [2.75, 3.05) is 45.8 Å². The molecule has 1 aromatic carbocycles. The standard InChI is InChI=1S/C14H22FN3O4S/c1-16-14(19)6-8-18(2)12-5-4-11(15)10-13(12)23(20,21)17-7-9-22-3/h4-5,10,17H,6-9H2,1-3H3,(H,16,19). The maximum Gasteiger partial charge on any atom is 0.242 e. The number of anilines is 1. The molecule has 0 heterocycles. The van der Waals surface area contributed by atoms with E-state index < -0.39 is 15.8 Å². The van der Waals surface area contributed by atoms with E-state index >= 15 is 0 Å². The second kappa shape index (κ2) is 8.80. The second-order valence-corrected chi connectivity index (χ2v) is 6.58. The highest BCUT2D eigenvalue weighted by Gasteiger charge is 2.21. The first kappa shape index (κ1) is 19.3. The summed E-state index contributed by atoms with van der Waals surface area (Å²) in [6, 6.07) is 3.52. The van der Waals surface area contributed by atoms with Crippen molar-refractivity contribution in [1.29, 1.82) is 0 Å². The predicted octanol–water partition coefficient (Wildman–Crippen LogP) is 0.323. The van der Waals surface area contributed by atoms with Crippen molar-refractivity contribution in [1.82, 2.24) is 10.0 Å². The predicted molar refractivity (Wildman–Crippen MR) is 85.4 cm³/mol. The summed E-state index contributed by atoms with van der Waals surface area (Å²) in [4.78, 5) is 12.7. The third kappa shape index (κ3) is 5.77. The van der Waals surface area contributed by atoms with E-state index in [0.717, 1.165) is 6.07 Å². The van der Waals surface area contributed by atoms with Crippen LogP contribution in [-0.4, -0.2) is 55.2 Å². The Bertz CT molecular complexity index is 637. The lowest BCUT2D eigenvalue weighted by Crippen LogP contribution is -2.31. The number of rotatable bonds is 9. The van der Waals surface area contributed by atoms with Crippen LogP contribution in [0.4, 0.5) is 10.1 Å². The number of carbonyl (C=O) groups is 1. The molecule has 0 spiro atoms. The molecule has 7 nitrogen and oxygen atoms in total. The molecule has 130 valence electrons. The minimum Gasteiger partial charge on any atom is -0.383 e. The lowest BCUT2D eigenvalue weighted by molar-refractivity contribution is -0.120. The summed E-state index contributed by atoms with van der Waals surface area (Å²) in [7, 11) is 0.733. The highest BCUT2D eigenvalue weighted by Crippen LogP contribution is 2.25. The third-order valence-corrected chi connectivity index (χ3v) is 4.66. The molecule has 2 N–H and O–H groups in total. The van der Waals surface area contributed by atoms with E-state index in [1.54, 1.807) is 11.9 Å². The van der Waals surface area contributed by atoms with Crippen LogP contribution in [-0.2, 0) is 19.6 Å². The molecule has 0 fully saturated rings. The number of nitrogens with zero attached hydrogens (tertiary/aromatic N) is 1. The number of carbonyl (C=O) groups excluding carboxylic acids is 1. The van der Waals surface area contributed by atoms with Crippen molar-refractivity contribution in [2.45, 2.75) is 11.3 Å². The summed E-state index contributed by atoms with van der Waals surface area (Å²) < 4.78 is 45.3. The lowest BCUT2D eigenvalue weighted by atomic mass is 10.2. The molecule has 0 aliphatic heterocycles. The Kier molecular flexibility index (Phi) is 7.40. The molecule has 1 amide bonds. The Morgan fingerprint density at radius 1 is 1.39 bits per heavy atom. The van der Waals surface area contributed by atoms with Gasteiger partial charge in [-0.05, 0) is 18.2 Å². The van der Waals surface area contributed by atoms with Gasteiger partial charge in [0.05, 0.1) is 12.3 Å². The normalized spacial score (nSPS) is 11.3. The Morgan fingerprint density at radius 2 is 2.09 bits per heavy atom. The number of amides is 1. The van der Waals surface area contributed by atoms with Crippen LogP contribution in [0.2, 0.25) is 0 Å². The van der Waals surface area contributed by atoms with Crippen molar-refractivity contribution in [3.8, 4) is 0 Å². The summed E-state index contributed by atoms with van der Waals surface area (Å²) >= 11 is 0. The molecule has 0 saturated heterocycles. The Morgan fingerprint density at radius 3 is 2.70 bits per heavy atom. The van der Waals surface area contributed by atoms with Crippen LogP contribution in [0.1, 0.15) is 6.42 Å². The zero-order valence-corrected chi connectivity index (χ0v) is 14.2. The number of hydrogen-bond acceptors (Lipinski definition) is 5. The van der Waals surface area contributed by atoms with Crippen molar-refractivity contribution in [3.05, 3.63) is 24.0 Å². The van der Waals surface area contributed by atoms with Gasteiger partial charge in [0, 0.05) is 40.7 Å². The number of nitrogens with one attached hydrogen (secondary N) is 2. The van der Waals surface area contributed by atoms with Crippen LogP contribution in [0, 0.1) is 5.82 Å². The van der Waals surface area contributed by atoms with E-state index in [4.69, 9.17) is 4.74 Å². The number of methoxy groups -OCH3 is 1. The highest BCUT2D eigenvalue weighted by atomic mass is 32.2. The van der Waals surface area contributed by atoms with Gasteiger partial charge in [0.2, 0.25) is 15.9 Å². The first-order valence-corrected chi connectivity index (χ1v) is 8.50. The van der Waals surface area contributed by atoms with Crippen LogP contribution in [0.25, 0.3) is 0 Å². The van der Waals surface area contributed by atoms with Crippen LogP contribution < -0.4 is 14.9 Å². The molecule has 1 aromatic rings. The number of ether oxygens (including phenoxy) is 1. The summed E-state index contributed by atoms with van der Waals surface area (Å²) in [6.45, 7) is 0.582. The van der Waals surface area contributed by atoms with Crippen LogP contribution in [0.15, 0.2) is 23.1 Å². The van der Waals surface area contributed by atoms with Gasteiger partial charge in [0.25, 0.3) is 0 Å². The molecule has 0 aromatic heterocycles. The van der Waals surface area contributed by atoms with E-state index in [0.29, 0.717) is 12.2 Å². The van der Waals surface area contributed by atoms with Gasteiger partial charge in [0.15, 0.2) is 0 Å². The van der Waals surface area contributed by atoms with E-state index in [9.17, 15) is 17.6 Å². The molecule has 0 aliphatic rings. The highest BCUT2D eigenvalue weighted by molar-refractivity contribution is 7.89. The summed E-state index contributed by atoms with van der Waals surface area (Å²) in [5.74, 6) is -0.817. The second-order valence-electron chi connectivity index (χ2n) is 4.85. The van der Waals surface area contributed by atoms with Crippen LogP contribution in [0.5, 0.6) is 0 Å². The fourth-order valence-corrected chi connectivity index (χ4v) is 3.16. The third-order valence-electron chi connectivity index (χ3n) is 3.17. The zero-order valence-electron chi connectivity index (χ0n) is 13.4. The monoisotopic (exact) mass is 347 g/mol. The molecule has 0 aliphatic carbocycles. The minimum absolute atomic E-state index is 0.0801. The molecule has 0 radical (unpaired) electrons. The van der Waals surface area contributed by atoms with E-state index in [2.05, 4.69) is 10.0 Å². The molecular formula is C14H22FN3O4S. The van der Waals surface area contributed by atoms with Crippen molar-refractivity contribution in [2.24, 2.45) is 0 Å². The molecule has 0 atom stereocenters. The molecular weight excluding hydrogens is 325 g/mol. The SMILES string of the molecule is CNC(=O)CCN(C)c1ccc(F)cc1S(=O)(=O)NCCOC. The number of hydrogen-bond donors (Lipinski definition) is 2. The van der Waals surface area contributed by atoms with Gasteiger partial charge in [-0.3, -0.25) is 4.79 Å². The number of sulfonamides is 1. The van der Waals surface area contributed by atoms with Gasteiger partial charge in [-0.2, -0.15) is 0 Å². The Balaban J connectivity index is 3.02. The maximum atomic E-state index is 13.5. The van der Waals surface area contributed by atoms with Gasteiger partial charge in [-0.1, -0.05) is 0 Å². The van der Waals surface area contributed by atoms with Crippen molar-refractivity contribution in [3.63, 3.8) is 0 Å². The van der Waals surface area contributed by atoms with Gasteiger partial charge >= 0.3 is 0 Å². The summed E-state index contributed by atoms with van der Waals surface area (Å²) in [5, 5.41) is 2.49. The Labute approximate surface area is 135 Å². The average molecular weight is 347 g/mol. The van der Waals surface area contributed by atoms with E-state index in [1.807, 2.05) is 0 Å². The first-order chi connectivity index (χ1) is 10.8. The Hall–Kier alpha value is -1.71. The quantitative estimate of drug-likeness (QED) is 0.628. The molecule has 1 rings (SSSR count). The van der Waals surface area contributed by atoms with Gasteiger partial charge in [0.1, 0.15) is 10.7 Å². The molecule has 9 heteroatoms. The molecule has 0 saturated carbocycles.